The predicted octanol–water partition coefficient (Wildman–Crippen LogP) is 0.117. The molecule has 0 aliphatic carbocycles. The van der Waals surface area contributed by atoms with Crippen LogP contribution in [-0.2, 0) is 30.4 Å². The van der Waals surface area contributed by atoms with Crippen LogP contribution in [0.2, 0.25) is 0 Å². The van der Waals surface area contributed by atoms with Crippen LogP contribution in [0.5, 0.6) is 0 Å². The van der Waals surface area contributed by atoms with Gasteiger partial charge in [0.05, 0.1) is 12.5 Å². The third-order valence-corrected chi connectivity index (χ3v) is 5.99. The van der Waals surface area contributed by atoms with Gasteiger partial charge in [-0.05, 0) is 24.5 Å². The minimum Gasteiger partial charge on any atom is -0.481 e. The van der Waals surface area contributed by atoms with Crippen LogP contribution in [0.25, 0.3) is 10.9 Å². The fourth-order valence-corrected chi connectivity index (χ4v) is 3.61. The van der Waals surface area contributed by atoms with Crippen molar-refractivity contribution in [2.45, 2.75) is 64.2 Å². The monoisotopic (exact) mass is 503 g/mol. The van der Waals surface area contributed by atoms with E-state index in [4.69, 9.17) is 15.9 Å². The van der Waals surface area contributed by atoms with E-state index in [1.54, 1.807) is 13.1 Å². The number of carboxylic acid groups (broad SMARTS) is 2. The van der Waals surface area contributed by atoms with Crippen molar-refractivity contribution in [1.29, 1.82) is 0 Å². The van der Waals surface area contributed by atoms with E-state index in [2.05, 4.69) is 20.9 Å². The second kappa shape index (κ2) is 12.7. The largest absolute Gasteiger partial charge is 0.481 e. The van der Waals surface area contributed by atoms with Crippen molar-refractivity contribution >= 4 is 40.6 Å². The topological polar surface area (TPSA) is 204 Å². The lowest BCUT2D eigenvalue weighted by Crippen LogP contribution is -2.59. The minimum atomic E-state index is -1.38. The summed E-state index contributed by atoms with van der Waals surface area (Å²) in [6, 6.07) is 2.55. The van der Waals surface area contributed by atoms with Crippen LogP contribution < -0.4 is 21.7 Å². The number of hydrogen-bond donors (Lipinski definition) is 7. The molecule has 1 aromatic heterocycles. The molecule has 0 radical (unpaired) electrons. The first-order chi connectivity index (χ1) is 16.9. The molecular formula is C24H33N5O7. The molecule has 0 aliphatic rings. The van der Waals surface area contributed by atoms with Crippen LogP contribution in [0.3, 0.4) is 0 Å². The van der Waals surface area contributed by atoms with Crippen LogP contribution in [0.4, 0.5) is 0 Å². The van der Waals surface area contributed by atoms with Crippen LogP contribution in [0.1, 0.15) is 39.2 Å². The molecule has 1 heterocycles. The summed E-state index contributed by atoms with van der Waals surface area (Å²) in [5.74, 6) is -5.05. The first-order valence-corrected chi connectivity index (χ1v) is 11.6. The predicted molar refractivity (Wildman–Crippen MR) is 131 cm³/mol. The molecule has 0 bridgehead atoms. The highest BCUT2D eigenvalue weighted by atomic mass is 16.4. The van der Waals surface area contributed by atoms with E-state index in [9.17, 15) is 24.0 Å². The van der Waals surface area contributed by atoms with Gasteiger partial charge in [-0.15, -0.1) is 0 Å². The Kier molecular flexibility index (Phi) is 9.97. The average Bonchev–Trinajstić information content (AvgIpc) is 3.23. The van der Waals surface area contributed by atoms with E-state index in [0.29, 0.717) is 12.0 Å². The Hall–Kier alpha value is -3.93. The number of amides is 3. The standard InChI is InChI=1S/C24H33N5O7/c1-4-12(2)20(23(34)27-13(3)24(35)36)29-22(33)18(28-21(32)16(25)10-19(30)31)9-14-11-26-17-8-6-5-7-15(14)17/h5-8,11-13,16,18,20,26H,4,9-10,25H2,1-3H3,(H,27,34)(H,28,32)(H,29,33)(H,30,31)(H,35,36). The lowest BCUT2D eigenvalue weighted by molar-refractivity contribution is -0.142. The van der Waals surface area contributed by atoms with Gasteiger partial charge in [-0.25, -0.2) is 0 Å². The molecule has 0 spiro atoms. The highest BCUT2D eigenvalue weighted by molar-refractivity contribution is 5.95. The number of aromatic nitrogens is 1. The van der Waals surface area contributed by atoms with Crippen molar-refractivity contribution in [2.75, 3.05) is 0 Å². The smallest absolute Gasteiger partial charge is 0.325 e. The number of nitrogens with two attached hydrogens (primary N) is 1. The number of H-pyrrole nitrogens is 1. The van der Waals surface area contributed by atoms with E-state index in [0.717, 1.165) is 10.9 Å². The molecule has 12 nitrogen and oxygen atoms in total. The molecule has 12 heteroatoms. The Labute approximate surface area is 208 Å². The van der Waals surface area contributed by atoms with Crippen molar-refractivity contribution in [1.82, 2.24) is 20.9 Å². The van der Waals surface area contributed by atoms with Gasteiger partial charge >= 0.3 is 11.9 Å². The van der Waals surface area contributed by atoms with Crippen LogP contribution in [0.15, 0.2) is 30.5 Å². The second-order valence-corrected chi connectivity index (χ2v) is 8.77. The van der Waals surface area contributed by atoms with E-state index >= 15 is 0 Å². The fourth-order valence-electron chi connectivity index (χ4n) is 3.61. The number of carbonyl (C=O) groups is 5. The van der Waals surface area contributed by atoms with Gasteiger partial charge in [-0.2, -0.15) is 0 Å². The summed E-state index contributed by atoms with van der Waals surface area (Å²) in [7, 11) is 0. The number of carboxylic acids is 2. The van der Waals surface area contributed by atoms with Gasteiger partial charge in [0.1, 0.15) is 18.1 Å². The summed E-state index contributed by atoms with van der Waals surface area (Å²) >= 11 is 0. The van der Waals surface area contributed by atoms with Gasteiger partial charge in [0.25, 0.3) is 0 Å². The Morgan fingerprint density at radius 2 is 1.64 bits per heavy atom. The number of hydrogen-bond acceptors (Lipinski definition) is 6. The molecule has 36 heavy (non-hydrogen) atoms. The molecule has 0 saturated carbocycles. The van der Waals surface area contributed by atoms with Crippen molar-refractivity contribution < 1.29 is 34.2 Å². The summed E-state index contributed by atoms with van der Waals surface area (Å²) < 4.78 is 0. The van der Waals surface area contributed by atoms with E-state index in [-0.39, 0.29) is 12.3 Å². The maximum absolute atomic E-state index is 13.4. The van der Waals surface area contributed by atoms with Crippen LogP contribution >= 0.6 is 0 Å². The Bertz CT molecular complexity index is 1120. The van der Waals surface area contributed by atoms with Gasteiger partial charge in [0.15, 0.2) is 0 Å². The molecule has 0 fully saturated rings. The number of carbonyl (C=O) groups excluding carboxylic acids is 3. The summed E-state index contributed by atoms with van der Waals surface area (Å²) in [6.45, 7) is 4.85. The van der Waals surface area contributed by atoms with Crippen LogP contribution in [-0.4, -0.2) is 69.0 Å². The molecule has 2 rings (SSSR count). The number of rotatable bonds is 13. The van der Waals surface area contributed by atoms with E-state index < -0.39 is 60.2 Å². The molecule has 2 aromatic rings. The molecule has 1 aromatic carbocycles. The van der Waals surface area contributed by atoms with Gasteiger partial charge < -0.3 is 36.9 Å². The van der Waals surface area contributed by atoms with Crippen molar-refractivity contribution in [3.8, 4) is 0 Å². The average molecular weight is 504 g/mol. The highest BCUT2D eigenvalue weighted by Gasteiger charge is 2.32. The Morgan fingerprint density at radius 3 is 2.25 bits per heavy atom. The van der Waals surface area contributed by atoms with Gasteiger partial charge in [-0.3, -0.25) is 24.0 Å². The second-order valence-electron chi connectivity index (χ2n) is 8.77. The Balaban J connectivity index is 2.31. The molecule has 8 N–H and O–H groups in total. The zero-order valence-corrected chi connectivity index (χ0v) is 20.4. The first-order valence-electron chi connectivity index (χ1n) is 11.6. The van der Waals surface area contributed by atoms with Crippen molar-refractivity contribution in [3.63, 3.8) is 0 Å². The lowest BCUT2D eigenvalue weighted by Gasteiger charge is -2.27. The summed E-state index contributed by atoms with van der Waals surface area (Å²) in [5, 5.41) is 26.4. The zero-order valence-electron chi connectivity index (χ0n) is 20.4. The number of aliphatic carboxylic acids is 2. The number of para-hydroxylation sites is 1. The number of nitrogens with one attached hydrogen (secondary N) is 4. The minimum absolute atomic E-state index is 0.0295. The first kappa shape index (κ1) is 28.3. The van der Waals surface area contributed by atoms with Gasteiger partial charge in [-0.1, -0.05) is 38.5 Å². The number of benzene rings is 1. The maximum Gasteiger partial charge on any atom is 0.325 e. The molecule has 0 aliphatic heterocycles. The molecule has 3 amide bonds. The number of aromatic amines is 1. The normalized spacial score (nSPS) is 15.2. The lowest BCUT2D eigenvalue weighted by atomic mass is 9.96. The third kappa shape index (κ3) is 7.54. The molecule has 0 saturated heterocycles. The summed E-state index contributed by atoms with van der Waals surface area (Å²) in [4.78, 5) is 64.0. The Morgan fingerprint density at radius 1 is 0.972 bits per heavy atom. The van der Waals surface area contributed by atoms with Crippen LogP contribution in [0, 0.1) is 5.92 Å². The third-order valence-electron chi connectivity index (χ3n) is 5.99. The van der Waals surface area contributed by atoms with Crippen molar-refractivity contribution in [3.05, 3.63) is 36.0 Å². The fraction of sp³-hybridized carbons (Fsp3) is 0.458. The van der Waals surface area contributed by atoms with Gasteiger partial charge in [0.2, 0.25) is 17.7 Å². The number of fused-ring (bicyclic) bond motifs is 1. The summed E-state index contributed by atoms with van der Waals surface area (Å²) in [5.41, 5.74) is 7.21. The zero-order chi connectivity index (χ0) is 27.0. The highest BCUT2D eigenvalue weighted by Crippen LogP contribution is 2.19. The quantitative estimate of drug-likeness (QED) is 0.199. The van der Waals surface area contributed by atoms with Crippen molar-refractivity contribution in [2.24, 2.45) is 11.7 Å². The summed E-state index contributed by atoms with van der Waals surface area (Å²) in [6.07, 6.45) is 1.60. The van der Waals surface area contributed by atoms with E-state index in [1.165, 1.54) is 6.92 Å². The molecule has 5 atom stereocenters. The molecular weight excluding hydrogens is 470 g/mol. The molecule has 5 unspecified atom stereocenters. The van der Waals surface area contributed by atoms with E-state index in [1.807, 2.05) is 31.2 Å². The SMILES string of the molecule is CCC(C)C(NC(=O)C(Cc1c[nH]c2ccccc12)NC(=O)C(N)CC(=O)O)C(=O)NC(C)C(=O)O. The molecule has 196 valence electrons. The van der Waals surface area contributed by atoms with Gasteiger partial charge in [0, 0.05) is 23.5 Å². The maximum atomic E-state index is 13.4.